The minimum Gasteiger partial charge on any atom is -0.493 e. The standard InChI is InChI=1S/C13H21N3O3S/c1-3-5-7-14-10(17)8-20-13-15-11(18)9(6-4-2)12(19)16-13/h3-8H2,1-2H3,(H,14,17)(H2,15,16,18,19). The summed E-state index contributed by atoms with van der Waals surface area (Å²) in [5, 5.41) is 12.7. The van der Waals surface area contributed by atoms with Crippen LogP contribution in [0.5, 0.6) is 5.88 Å². The molecule has 0 saturated carbocycles. The van der Waals surface area contributed by atoms with Crippen molar-refractivity contribution >= 4 is 17.7 Å². The molecule has 0 aliphatic heterocycles. The van der Waals surface area contributed by atoms with Crippen molar-refractivity contribution in [3.63, 3.8) is 0 Å². The number of hydrogen-bond donors (Lipinski definition) is 3. The van der Waals surface area contributed by atoms with Gasteiger partial charge in [-0.1, -0.05) is 38.5 Å². The van der Waals surface area contributed by atoms with Gasteiger partial charge in [-0.25, -0.2) is 0 Å². The molecule has 20 heavy (non-hydrogen) atoms. The fraction of sp³-hybridized carbons (Fsp3) is 0.615. The number of amides is 1. The Hall–Kier alpha value is -1.50. The lowest BCUT2D eigenvalue weighted by Crippen LogP contribution is -2.26. The molecule has 0 aromatic carbocycles. The summed E-state index contributed by atoms with van der Waals surface area (Å²) in [6.07, 6.45) is 3.20. The van der Waals surface area contributed by atoms with E-state index in [1.165, 1.54) is 0 Å². The van der Waals surface area contributed by atoms with Crippen LogP contribution in [0, 0.1) is 0 Å². The SMILES string of the molecule is CCCCNC(=O)CSc1nc(O)c(CCC)c(=O)[nH]1. The molecule has 1 amide bonds. The highest BCUT2D eigenvalue weighted by atomic mass is 32.2. The first-order valence-electron chi connectivity index (χ1n) is 6.80. The molecule has 1 rings (SSSR count). The quantitative estimate of drug-likeness (QED) is 0.383. The number of carbonyl (C=O) groups is 1. The van der Waals surface area contributed by atoms with Gasteiger partial charge in [0, 0.05) is 6.54 Å². The Balaban J connectivity index is 2.57. The molecular weight excluding hydrogens is 278 g/mol. The molecule has 0 spiro atoms. The molecule has 0 aliphatic carbocycles. The van der Waals surface area contributed by atoms with E-state index in [0.29, 0.717) is 18.5 Å². The van der Waals surface area contributed by atoms with Crippen LogP contribution in [0.2, 0.25) is 0 Å². The van der Waals surface area contributed by atoms with Crippen LogP contribution in [0.4, 0.5) is 0 Å². The Morgan fingerprint density at radius 1 is 1.40 bits per heavy atom. The summed E-state index contributed by atoms with van der Waals surface area (Å²) >= 11 is 1.10. The number of H-pyrrole nitrogens is 1. The second-order valence-corrected chi connectivity index (χ2v) is 5.38. The number of rotatable bonds is 8. The molecule has 0 saturated heterocycles. The van der Waals surface area contributed by atoms with Crippen molar-refractivity contribution in [3.8, 4) is 5.88 Å². The van der Waals surface area contributed by atoms with E-state index in [2.05, 4.69) is 22.2 Å². The van der Waals surface area contributed by atoms with Gasteiger partial charge in [0.05, 0.1) is 11.3 Å². The number of hydrogen-bond acceptors (Lipinski definition) is 5. The largest absolute Gasteiger partial charge is 0.493 e. The van der Waals surface area contributed by atoms with E-state index in [1.54, 1.807) is 0 Å². The molecule has 0 radical (unpaired) electrons. The van der Waals surface area contributed by atoms with Gasteiger partial charge in [-0.05, 0) is 12.8 Å². The number of aromatic nitrogens is 2. The van der Waals surface area contributed by atoms with E-state index < -0.39 is 0 Å². The smallest absolute Gasteiger partial charge is 0.258 e. The Kier molecular flexibility index (Phi) is 7.14. The molecule has 0 fully saturated rings. The van der Waals surface area contributed by atoms with Crippen molar-refractivity contribution in [2.75, 3.05) is 12.3 Å². The summed E-state index contributed by atoms with van der Waals surface area (Å²) in [4.78, 5) is 29.7. The fourth-order valence-corrected chi connectivity index (χ4v) is 2.28. The van der Waals surface area contributed by atoms with Gasteiger partial charge in [-0.15, -0.1) is 0 Å². The molecule has 1 aromatic rings. The second kappa shape index (κ2) is 8.63. The first-order chi connectivity index (χ1) is 9.58. The van der Waals surface area contributed by atoms with Gasteiger partial charge in [0.1, 0.15) is 0 Å². The molecule has 7 heteroatoms. The van der Waals surface area contributed by atoms with E-state index in [1.807, 2.05) is 6.92 Å². The van der Waals surface area contributed by atoms with Crippen molar-refractivity contribution in [1.29, 1.82) is 0 Å². The number of nitrogens with zero attached hydrogens (tertiary/aromatic N) is 1. The minimum absolute atomic E-state index is 0.108. The molecule has 0 atom stereocenters. The molecule has 0 bridgehead atoms. The van der Waals surface area contributed by atoms with E-state index in [-0.39, 0.29) is 28.3 Å². The monoisotopic (exact) mass is 299 g/mol. The van der Waals surface area contributed by atoms with Gasteiger partial charge in [-0.3, -0.25) is 9.59 Å². The molecule has 1 aromatic heterocycles. The van der Waals surface area contributed by atoms with E-state index in [9.17, 15) is 14.7 Å². The van der Waals surface area contributed by atoms with Crippen LogP contribution in [0.1, 0.15) is 38.7 Å². The molecule has 1 heterocycles. The lowest BCUT2D eigenvalue weighted by molar-refractivity contribution is -0.118. The molecule has 0 aliphatic rings. The maximum atomic E-state index is 11.7. The van der Waals surface area contributed by atoms with Crippen LogP contribution < -0.4 is 10.9 Å². The average molecular weight is 299 g/mol. The van der Waals surface area contributed by atoms with Gasteiger partial charge < -0.3 is 15.4 Å². The number of aromatic hydroxyl groups is 1. The summed E-state index contributed by atoms with van der Waals surface area (Å²) in [5.74, 6) is -0.188. The van der Waals surface area contributed by atoms with Crippen LogP contribution in [0.15, 0.2) is 9.95 Å². The summed E-state index contributed by atoms with van der Waals surface area (Å²) in [5.41, 5.74) is -0.0440. The third kappa shape index (κ3) is 5.24. The van der Waals surface area contributed by atoms with Crippen molar-refractivity contribution in [1.82, 2.24) is 15.3 Å². The predicted octanol–water partition coefficient (Wildman–Crippen LogP) is 1.44. The zero-order chi connectivity index (χ0) is 15.0. The molecule has 6 nitrogen and oxygen atoms in total. The molecule has 112 valence electrons. The normalized spacial score (nSPS) is 10.5. The Labute approximate surface area is 122 Å². The third-order valence-electron chi connectivity index (χ3n) is 2.66. The summed E-state index contributed by atoms with van der Waals surface area (Å²) in [7, 11) is 0. The first-order valence-corrected chi connectivity index (χ1v) is 7.78. The van der Waals surface area contributed by atoms with Gasteiger partial charge in [0.15, 0.2) is 5.16 Å². The Morgan fingerprint density at radius 3 is 2.75 bits per heavy atom. The van der Waals surface area contributed by atoms with Crippen LogP contribution in [-0.2, 0) is 11.2 Å². The molecule has 3 N–H and O–H groups in total. The zero-order valence-corrected chi connectivity index (χ0v) is 12.7. The van der Waals surface area contributed by atoms with Crippen LogP contribution in [0.3, 0.4) is 0 Å². The highest BCUT2D eigenvalue weighted by molar-refractivity contribution is 7.99. The van der Waals surface area contributed by atoms with Crippen LogP contribution in [0.25, 0.3) is 0 Å². The number of thioether (sulfide) groups is 1. The first kappa shape index (κ1) is 16.6. The number of unbranched alkanes of at least 4 members (excludes halogenated alkanes) is 1. The lowest BCUT2D eigenvalue weighted by Gasteiger charge is -2.05. The average Bonchev–Trinajstić information content (AvgIpc) is 2.41. The summed E-state index contributed by atoms with van der Waals surface area (Å²) in [6.45, 7) is 4.62. The van der Waals surface area contributed by atoms with Crippen molar-refractivity contribution in [3.05, 3.63) is 15.9 Å². The van der Waals surface area contributed by atoms with Crippen molar-refractivity contribution in [2.24, 2.45) is 0 Å². The van der Waals surface area contributed by atoms with Gasteiger partial charge >= 0.3 is 0 Å². The second-order valence-electron chi connectivity index (χ2n) is 4.42. The highest BCUT2D eigenvalue weighted by Gasteiger charge is 2.11. The Bertz CT molecular complexity index is 502. The van der Waals surface area contributed by atoms with Crippen molar-refractivity contribution < 1.29 is 9.90 Å². The predicted molar refractivity (Wildman–Crippen MR) is 79.2 cm³/mol. The third-order valence-corrected chi connectivity index (χ3v) is 3.54. The van der Waals surface area contributed by atoms with E-state index in [0.717, 1.165) is 31.0 Å². The maximum absolute atomic E-state index is 11.7. The van der Waals surface area contributed by atoms with Crippen LogP contribution >= 0.6 is 11.8 Å². The number of aromatic amines is 1. The van der Waals surface area contributed by atoms with Gasteiger partial charge in [0.2, 0.25) is 11.8 Å². The summed E-state index contributed by atoms with van der Waals surface area (Å²) in [6, 6.07) is 0. The van der Waals surface area contributed by atoms with E-state index in [4.69, 9.17) is 0 Å². The molecule has 0 unspecified atom stereocenters. The molecular formula is C13H21N3O3S. The minimum atomic E-state index is -0.340. The van der Waals surface area contributed by atoms with Gasteiger partial charge in [-0.2, -0.15) is 4.98 Å². The fourth-order valence-electron chi connectivity index (χ4n) is 1.60. The summed E-state index contributed by atoms with van der Waals surface area (Å²) < 4.78 is 0. The highest BCUT2D eigenvalue weighted by Crippen LogP contribution is 2.17. The van der Waals surface area contributed by atoms with Crippen LogP contribution in [-0.4, -0.2) is 33.3 Å². The topological polar surface area (TPSA) is 95.1 Å². The van der Waals surface area contributed by atoms with Gasteiger partial charge in [0.25, 0.3) is 5.56 Å². The number of nitrogens with one attached hydrogen (secondary N) is 2. The lowest BCUT2D eigenvalue weighted by atomic mass is 10.2. The number of carbonyl (C=O) groups excluding carboxylic acids is 1. The zero-order valence-electron chi connectivity index (χ0n) is 11.9. The van der Waals surface area contributed by atoms with E-state index >= 15 is 0 Å². The maximum Gasteiger partial charge on any atom is 0.258 e. The van der Waals surface area contributed by atoms with Crippen molar-refractivity contribution in [2.45, 2.75) is 44.7 Å². The Morgan fingerprint density at radius 2 is 2.15 bits per heavy atom.